The highest BCUT2D eigenvalue weighted by molar-refractivity contribution is 5.81. The van der Waals surface area contributed by atoms with Gasteiger partial charge >= 0.3 is 0 Å². The number of carbonyl (C=O) groups excluding carboxylic acids is 1. The van der Waals surface area contributed by atoms with Crippen LogP contribution in [0, 0.1) is 0 Å². The molecule has 2 aliphatic rings. The summed E-state index contributed by atoms with van der Waals surface area (Å²) >= 11 is 0. The van der Waals surface area contributed by atoms with Crippen LogP contribution in [0.5, 0.6) is 0 Å². The van der Waals surface area contributed by atoms with Crippen molar-refractivity contribution in [1.82, 2.24) is 10.2 Å². The molecule has 2 rings (SSSR count). The van der Waals surface area contributed by atoms with Crippen molar-refractivity contribution in [2.75, 3.05) is 26.2 Å². The third kappa shape index (κ3) is 3.42. The number of rotatable bonds is 5. The van der Waals surface area contributed by atoms with Crippen molar-refractivity contribution >= 4 is 5.91 Å². The van der Waals surface area contributed by atoms with Gasteiger partial charge in [-0.3, -0.25) is 4.79 Å². The highest BCUT2D eigenvalue weighted by atomic mass is 16.5. The van der Waals surface area contributed by atoms with Gasteiger partial charge in [-0.05, 0) is 38.6 Å². The summed E-state index contributed by atoms with van der Waals surface area (Å²) in [6.07, 6.45) is 5.21. The van der Waals surface area contributed by atoms with Gasteiger partial charge in [-0.1, -0.05) is 6.92 Å². The number of amides is 1. The second-order valence-electron chi connectivity index (χ2n) is 5.08. The maximum Gasteiger partial charge on any atom is 0.251 e. The van der Waals surface area contributed by atoms with Crippen LogP contribution < -0.4 is 5.32 Å². The molecule has 0 aliphatic carbocycles. The predicted octanol–water partition coefficient (Wildman–Crippen LogP) is 1.16. The van der Waals surface area contributed by atoms with Crippen LogP contribution in [-0.2, 0) is 9.53 Å². The Morgan fingerprint density at radius 3 is 2.88 bits per heavy atom. The van der Waals surface area contributed by atoms with Crippen LogP contribution >= 0.6 is 0 Å². The molecule has 2 saturated heterocycles. The van der Waals surface area contributed by atoms with Crippen molar-refractivity contribution < 1.29 is 9.53 Å². The second kappa shape index (κ2) is 6.36. The van der Waals surface area contributed by atoms with Gasteiger partial charge in [0.1, 0.15) is 6.10 Å². The lowest BCUT2D eigenvalue weighted by molar-refractivity contribution is -0.141. The van der Waals surface area contributed by atoms with Crippen LogP contribution in [0.4, 0.5) is 0 Å². The highest BCUT2D eigenvalue weighted by Gasteiger charge is 2.29. The lowest BCUT2D eigenvalue weighted by atomic mass is 10.1. The van der Waals surface area contributed by atoms with Gasteiger partial charge in [0.05, 0.1) is 0 Å². The zero-order chi connectivity index (χ0) is 12.1. The van der Waals surface area contributed by atoms with Gasteiger partial charge in [0, 0.05) is 25.7 Å². The molecule has 4 heteroatoms. The smallest absolute Gasteiger partial charge is 0.251 e. The normalized spacial score (nSPS) is 28.5. The first kappa shape index (κ1) is 12.8. The monoisotopic (exact) mass is 240 g/mol. The van der Waals surface area contributed by atoms with Crippen molar-refractivity contribution in [2.24, 2.45) is 0 Å². The molecule has 0 aromatic carbocycles. The van der Waals surface area contributed by atoms with Crippen molar-refractivity contribution in [1.29, 1.82) is 0 Å². The molecule has 0 aromatic heterocycles. The Bertz CT molecular complexity index is 246. The molecule has 1 N–H and O–H groups in total. The second-order valence-corrected chi connectivity index (χ2v) is 5.08. The lowest BCUT2D eigenvalue weighted by Crippen LogP contribution is -2.45. The maximum atomic E-state index is 12.3. The first-order valence-corrected chi connectivity index (χ1v) is 6.95. The summed E-state index contributed by atoms with van der Waals surface area (Å²) in [6.45, 7) is 5.68. The number of hydrogen-bond acceptors (Lipinski definition) is 3. The Kier molecular flexibility index (Phi) is 4.80. The molecule has 2 heterocycles. The Morgan fingerprint density at radius 2 is 2.29 bits per heavy atom. The summed E-state index contributed by atoms with van der Waals surface area (Å²) in [7, 11) is 0. The largest absolute Gasteiger partial charge is 0.368 e. The summed E-state index contributed by atoms with van der Waals surface area (Å²) < 4.78 is 5.49. The van der Waals surface area contributed by atoms with Crippen LogP contribution in [0.3, 0.4) is 0 Å². The molecule has 2 fully saturated rings. The van der Waals surface area contributed by atoms with Gasteiger partial charge in [-0.15, -0.1) is 0 Å². The number of nitrogens with zero attached hydrogens (tertiary/aromatic N) is 1. The molecule has 4 nitrogen and oxygen atoms in total. The van der Waals surface area contributed by atoms with E-state index in [0.29, 0.717) is 6.04 Å². The van der Waals surface area contributed by atoms with Crippen molar-refractivity contribution in [3.63, 3.8) is 0 Å². The van der Waals surface area contributed by atoms with E-state index in [-0.39, 0.29) is 12.0 Å². The van der Waals surface area contributed by atoms with E-state index in [1.807, 2.05) is 4.90 Å². The first-order chi connectivity index (χ1) is 8.31. The Labute approximate surface area is 104 Å². The van der Waals surface area contributed by atoms with Gasteiger partial charge < -0.3 is 15.0 Å². The molecule has 0 saturated carbocycles. The van der Waals surface area contributed by atoms with E-state index in [1.54, 1.807) is 0 Å². The minimum absolute atomic E-state index is 0.164. The quantitative estimate of drug-likeness (QED) is 0.784. The zero-order valence-electron chi connectivity index (χ0n) is 10.8. The van der Waals surface area contributed by atoms with Crippen LogP contribution in [0.1, 0.15) is 39.0 Å². The van der Waals surface area contributed by atoms with E-state index in [2.05, 4.69) is 12.2 Å². The third-order valence-electron chi connectivity index (χ3n) is 3.61. The molecule has 1 amide bonds. The maximum absolute atomic E-state index is 12.3. The topological polar surface area (TPSA) is 41.6 Å². The zero-order valence-corrected chi connectivity index (χ0v) is 10.8. The van der Waals surface area contributed by atoms with E-state index in [9.17, 15) is 4.79 Å². The minimum atomic E-state index is -0.164. The summed E-state index contributed by atoms with van der Waals surface area (Å²) in [6, 6.07) is 0.493. The molecular formula is C13H24N2O2. The first-order valence-electron chi connectivity index (χ1n) is 6.95. The molecule has 0 spiro atoms. The fourth-order valence-electron chi connectivity index (χ4n) is 2.72. The fourth-order valence-corrected chi connectivity index (χ4v) is 2.72. The summed E-state index contributed by atoms with van der Waals surface area (Å²) in [5, 5.41) is 3.46. The molecule has 0 radical (unpaired) electrons. The third-order valence-corrected chi connectivity index (χ3v) is 3.61. The van der Waals surface area contributed by atoms with Crippen LogP contribution in [0.2, 0.25) is 0 Å². The van der Waals surface area contributed by atoms with E-state index < -0.39 is 0 Å². The summed E-state index contributed by atoms with van der Waals surface area (Å²) in [5.41, 5.74) is 0. The Hall–Kier alpha value is -0.610. The van der Waals surface area contributed by atoms with Crippen molar-refractivity contribution in [3.05, 3.63) is 0 Å². The number of ether oxygens (including phenoxy) is 1. The average Bonchev–Trinajstić information content (AvgIpc) is 3.00. The van der Waals surface area contributed by atoms with E-state index in [1.165, 1.54) is 12.8 Å². The molecule has 17 heavy (non-hydrogen) atoms. The van der Waals surface area contributed by atoms with Crippen LogP contribution in [0.15, 0.2) is 0 Å². The number of carbonyl (C=O) groups is 1. The van der Waals surface area contributed by atoms with Crippen molar-refractivity contribution in [2.45, 2.75) is 51.2 Å². The fraction of sp³-hybridized carbons (Fsp3) is 0.923. The van der Waals surface area contributed by atoms with E-state index >= 15 is 0 Å². The van der Waals surface area contributed by atoms with E-state index in [0.717, 1.165) is 45.5 Å². The molecule has 1 unspecified atom stereocenters. The van der Waals surface area contributed by atoms with Gasteiger partial charge in [-0.2, -0.15) is 0 Å². The van der Waals surface area contributed by atoms with Crippen LogP contribution in [-0.4, -0.2) is 49.2 Å². The minimum Gasteiger partial charge on any atom is -0.368 e. The van der Waals surface area contributed by atoms with Gasteiger partial charge in [-0.25, -0.2) is 0 Å². The van der Waals surface area contributed by atoms with Gasteiger partial charge in [0.25, 0.3) is 5.91 Å². The lowest BCUT2D eigenvalue weighted by Gasteiger charge is -2.27. The highest BCUT2D eigenvalue weighted by Crippen LogP contribution is 2.16. The Morgan fingerprint density at radius 1 is 1.41 bits per heavy atom. The molecule has 2 atom stereocenters. The van der Waals surface area contributed by atoms with Crippen molar-refractivity contribution in [3.8, 4) is 0 Å². The molecule has 0 bridgehead atoms. The standard InChI is InChI=1S/C13H24N2O2/c1-2-8-15(10-11-5-3-7-14-11)13(16)12-6-4-9-17-12/h11-12,14H,2-10H2,1H3/t11?,12-/m1/s1. The predicted molar refractivity (Wildman–Crippen MR) is 66.9 cm³/mol. The van der Waals surface area contributed by atoms with Gasteiger partial charge in [0.2, 0.25) is 0 Å². The number of hydrogen-bond donors (Lipinski definition) is 1. The summed E-state index contributed by atoms with van der Waals surface area (Å²) in [4.78, 5) is 14.3. The number of nitrogens with one attached hydrogen (secondary N) is 1. The average molecular weight is 240 g/mol. The summed E-state index contributed by atoms with van der Waals surface area (Å²) in [5.74, 6) is 0.207. The molecular weight excluding hydrogens is 216 g/mol. The van der Waals surface area contributed by atoms with E-state index in [4.69, 9.17) is 4.74 Å². The van der Waals surface area contributed by atoms with Crippen LogP contribution in [0.25, 0.3) is 0 Å². The van der Waals surface area contributed by atoms with Gasteiger partial charge in [0.15, 0.2) is 0 Å². The SMILES string of the molecule is CCCN(CC1CCCN1)C(=O)[C@H]1CCCO1. The molecule has 2 aliphatic heterocycles. The molecule has 0 aromatic rings. The molecule has 98 valence electrons. The Balaban J connectivity index is 1.87.